The molecule has 0 saturated carbocycles. The molecule has 1 aliphatic heterocycles. The molecule has 2 aromatic rings. The zero-order chi connectivity index (χ0) is 17.2. The Kier molecular flexibility index (Phi) is 4.84. The van der Waals surface area contributed by atoms with E-state index in [1.807, 2.05) is 24.3 Å². The summed E-state index contributed by atoms with van der Waals surface area (Å²) in [6, 6.07) is 7.86. The number of thiazole rings is 1. The van der Waals surface area contributed by atoms with E-state index in [1.54, 1.807) is 7.11 Å². The van der Waals surface area contributed by atoms with Crippen LogP contribution in [0.2, 0.25) is 0 Å². The normalized spacial score (nSPS) is 18.5. The molecule has 0 spiro atoms. The van der Waals surface area contributed by atoms with Gasteiger partial charge in [-0.05, 0) is 25.0 Å². The molecule has 24 heavy (non-hydrogen) atoms. The molecule has 8 heteroatoms. The van der Waals surface area contributed by atoms with Crippen LogP contribution in [0, 0.1) is 0 Å². The minimum absolute atomic E-state index is 0.0668. The van der Waals surface area contributed by atoms with Crippen LogP contribution < -0.4 is 15.0 Å². The molecule has 1 fully saturated rings. The van der Waals surface area contributed by atoms with Gasteiger partial charge in [-0.2, -0.15) is 13.2 Å². The molecular weight excluding hydrogens is 339 g/mol. The van der Waals surface area contributed by atoms with Crippen LogP contribution in [0.1, 0.15) is 17.7 Å². The highest BCUT2D eigenvalue weighted by Gasteiger charge is 2.33. The Morgan fingerprint density at radius 2 is 2.21 bits per heavy atom. The van der Waals surface area contributed by atoms with Crippen LogP contribution >= 0.6 is 11.3 Å². The largest absolute Gasteiger partial charge is 0.497 e. The third-order valence-electron chi connectivity index (χ3n) is 3.95. The number of benzene rings is 1. The molecule has 1 aliphatic rings. The van der Waals surface area contributed by atoms with Crippen molar-refractivity contribution < 1.29 is 17.9 Å². The van der Waals surface area contributed by atoms with Crippen molar-refractivity contribution in [3.05, 3.63) is 35.3 Å². The molecule has 4 nitrogen and oxygen atoms in total. The number of hydrogen-bond acceptors (Lipinski definition) is 5. The van der Waals surface area contributed by atoms with Crippen LogP contribution in [-0.2, 0) is 6.18 Å². The SMILES string of the molecule is COc1cccc(N2CCCC(Nc3ncc(C(F)(F)F)s3)C2)c1. The molecule has 1 unspecified atom stereocenters. The standard InChI is InChI=1S/C16H18F3N3OS/c1-23-13-6-2-5-12(8-13)22-7-3-4-11(10-22)21-15-20-9-14(24-15)16(17,18)19/h2,5-6,8-9,11H,3-4,7,10H2,1H3,(H,20,21). The molecule has 2 heterocycles. The lowest BCUT2D eigenvalue weighted by atomic mass is 10.1. The lowest BCUT2D eigenvalue weighted by molar-refractivity contribution is -0.134. The maximum absolute atomic E-state index is 12.7. The quantitative estimate of drug-likeness (QED) is 0.888. The Labute approximate surface area is 142 Å². The number of nitrogens with one attached hydrogen (secondary N) is 1. The first kappa shape index (κ1) is 16.9. The van der Waals surface area contributed by atoms with Gasteiger partial charge in [0.05, 0.1) is 13.3 Å². The fourth-order valence-corrected chi connectivity index (χ4v) is 3.54. The second-order valence-electron chi connectivity index (χ2n) is 5.66. The van der Waals surface area contributed by atoms with Gasteiger partial charge in [-0.25, -0.2) is 4.98 Å². The van der Waals surface area contributed by atoms with Crippen molar-refractivity contribution in [3.8, 4) is 5.75 Å². The predicted molar refractivity (Wildman–Crippen MR) is 89.0 cm³/mol. The maximum Gasteiger partial charge on any atom is 0.427 e. The molecule has 130 valence electrons. The third kappa shape index (κ3) is 3.92. The van der Waals surface area contributed by atoms with Gasteiger partial charge in [-0.15, -0.1) is 0 Å². The van der Waals surface area contributed by atoms with Gasteiger partial charge in [0.2, 0.25) is 0 Å². The highest BCUT2D eigenvalue weighted by molar-refractivity contribution is 7.15. The van der Waals surface area contributed by atoms with Crippen molar-refractivity contribution >= 4 is 22.2 Å². The molecule has 1 atom stereocenters. The van der Waals surface area contributed by atoms with E-state index in [0.29, 0.717) is 23.0 Å². The van der Waals surface area contributed by atoms with Crippen LogP contribution in [0.4, 0.5) is 24.0 Å². The first-order valence-electron chi connectivity index (χ1n) is 7.64. The van der Waals surface area contributed by atoms with Crippen LogP contribution in [0.3, 0.4) is 0 Å². The van der Waals surface area contributed by atoms with Gasteiger partial charge in [0.15, 0.2) is 5.13 Å². The van der Waals surface area contributed by atoms with Gasteiger partial charge >= 0.3 is 6.18 Å². The zero-order valence-electron chi connectivity index (χ0n) is 13.1. The topological polar surface area (TPSA) is 37.4 Å². The smallest absolute Gasteiger partial charge is 0.427 e. The van der Waals surface area contributed by atoms with Gasteiger partial charge in [-0.3, -0.25) is 0 Å². The summed E-state index contributed by atoms with van der Waals surface area (Å²) < 4.78 is 43.2. The highest BCUT2D eigenvalue weighted by Crippen LogP contribution is 2.35. The van der Waals surface area contributed by atoms with E-state index >= 15 is 0 Å². The van der Waals surface area contributed by atoms with E-state index in [4.69, 9.17) is 4.74 Å². The second kappa shape index (κ2) is 6.88. The number of hydrogen-bond donors (Lipinski definition) is 1. The molecule has 1 aromatic heterocycles. The van der Waals surface area contributed by atoms with Crippen LogP contribution in [0.15, 0.2) is 30.5 Å². The monoisotopic (exact) mass is 357 g/mol. The van der Waals surface area contributed by atoms with Crippen molar-refractivity contribution in [1.29, 1.82) is 0 Å². The van der Waals surface area contributed by atoms with Crippen molar-refractivity contribution in [2.24, 2.45) is 0 Å². The van der Waals surface area contributed by atoms with Gasteiger partial charge in [0.1, 0.15) is 10.6 Å². The summed E-state index contributed by atoms with van der Waals surface area (Å²) in [4.78, 5) is 5.39. The summed E-state index contributed by atoms with van der Waals surface area (Å²) in [6.07, 6.45) is -1.58. The van der Waals surface area contributed by atoms with E-state index < -0.39 is 11.1 Å². The number of anilines is 2. The van der Waals surface area contributed by atoms with Crippen molar-refractivity contribution in [2.75, 3.05) is 30.4 Å². The first-order valence-corrected chi connectivity index (χ1v) is 8.46. The zero-order valence-corrected chi connectivity index (χ0v) is 14.0. The van der Waals surface area contributed by atoms with Crippen LogP contribution in [0.25, 0.3) is 0 Å². The summed E-state index contributed by atoms with van der Waals surface area (Å²) in [5.41, 5.74) is 1.05. The average Bonchev–Trinajstić information content (AvgIpc) is 3.04. The third-order valence-corrected chi connectivity index (χ3v) is 4.93. The van der Waals surface area contributed by atoms with Gasteiger partial charge in [0, 0.05) is 30.9 Å². The fourth-order valence-electron chi connectivity index (χ4n) is 2.78. The van der Waals surface area contributed by atoms with E-state index in [1.165, 1.54) is 0 Å². The summed E-state index contributed by atoms with van der Waals surface area (Å²) in [5.74, 6) is 0.789. The second-order valence-corrected chi connectivity index (χ2v) is 6.69. The number of piperidine rings is 1. The van der Waals surface area contributed by atoms with E-state index in [2.05, 4.69) is 15.2 Å². The predicted octanol–water partition coefficient (Wildman–Crippen LogP) is 4.25. The molecule has 0 bridgehead atoms. The number of nitrogens with zero attached hydrogens (tertiary/aromatic N) is 2. The van der Waals surface area contributed by atoms with Crippen molar-refractivity contribution in [3.63, 3.8) is 0 Å². The molecule has 1 N–H and O–H groups in total. The summed E-state index contributed by atoms with van der Waals surface area (Å²) in [6.45, 7) is 1.63. The van der Waals surface area contributed by atoms with Crippen molar-refractivity contribution in [1.82, 2.24) is 4.98 Å². The molecule has 3 rings (SSSR count). The number of alkyl halides is 3. The number of halogens is 3. The number of aromatic nitrogens is 1. The molecule has 0 radical (unpaired) electrons. The average molecular weight is 357 g/mol. The maximum atomic E-state index is 12.7. The Hall–Kier alpha value is -1.96. The Balaban J connectivity index is 1.66. The molecule has 0 amide bonds. The lowest BCUT2D eigenvalue weighted by Gasteiger charge is -2.34. The highest BCUT2D eigenvalue weighted by atomic mass is 32.1. The van der Waals surface area contributed by atoms with Crippen LogP contribution in [-0.4, -0.2) is 31.2 Å². The van der Waals surface area contributed by atoms with E-state index in [9.17, 15) is 13.2 Å². The van der Waals surface area contributed by atoms with Gasteiger partial charge < -0.3 is 15.0 Å². The molecule has 1 aromatic carbocycles. The van der Waals surface area contributed by atoms with Gasteiger partial charge in [-0.1, -0.05) is 17.4 Å². The minimum Gasteiger partial charge on any atom is -0.497 e. The number of ether oxygens (including phenoxy) is 1. The van der Waals surface area contributed by atoms with E-state index in [0.717, 1.165) is 37.0 Å². The van der Waals surface area contributed by atoms with Gasteiger partial charge in [0.25, 0.3) is 0 Å². The number of methoxy groups -OCH3 is 1. The summed E-state index contributed by atoms with van der Waals surface area (Å²) >= 11 is 0.651. The van der Waals surface area contributed by atoms with Crippen LogP contribution in [0.5, 0.6) is 5.75 Å². The Morgan fingerprint density at radius 1 is 1.38 bits per heavy atom. The fraction of sp³-hybridized carbons (Fsp3) is 0.438. The molecule has 1 saturated heterocycles. The van der Waals surface area contributed by atoms with E-state index in [-0.39, 0.29) is 6.04 Å². The Bertz CT molecular complexity index is 689. The number of rotatable bonds is 4. The Morgan fingerprint density at radius 3 is 2.92 bits per heavy atom. The summed E-state index contributed by atoms with van der Waals surface area (Å²) in [5, 5.41) is 3.46. The first-order chi connectivity index (χ1) is 11.5. The van der Waals surface area contributed by atoms with Crippen molar-refractivity contribution in [2.45, 2.75) is 25.1 Å². The summed E-state index contributed by atoms with van der Waals surface area (Å²) in [7, 11) is 1.63. The lowest BCUT2D eigenvalue weighted by Crippen LogP contribution is -2.42. The molecule has 0 aliphatic carbocycles. The minimum atomic E-state index is -4.34. The molecular formula is C16H18F3N3OS.